The number of benzene rings is 1. The largest absolute Gasteiger partial charge is 0.339 e. The Labute approximate surface area is 123 Å². The highest BCUT2D eigenvalue weighted by atomic mass is 35.5. The Balaban J connectivity index is 1.78. The summed E-state index contributed by atoms with van der Waals surface area (Å²) in [5.74, 6) is 1.37. The van der Waals surface area contributed by atoms with Gasteiger partial charge in [0.25, 0.3) is 0 Å². The molecule has 2 unspecified atom stereocenters. The van der Waals surface area contributed by atoms with Crippen LogP contribution in [0, 0.1) is 0 Å². The molecule has 1 aliphatic carbocycles. The molecule has 0 bridgehead atoms. The van der Waals surface area contributed by atoms with Crippen molar-refractivity contribution in [3.8, 4) is 0 Å². The molecule has 1 fully saturated rings. The van der Waals surface area contributed by atoms with Crippen molar-refractivity contribution in [2.24, 2.45) is 5.73 Å². The van der Waals surface area contributed by atoms with Gasteiger partial charge in [-0.25, -0.2) is 0 Å². The number of nitrogens with two attached hydrogens (primary N) is 1. The molecule has 1 aliphatic rings. The average molecular weight is 292 g/mol. The summed E-state index contributed by atoms with van der Waals surface area (Å²) in [4.78, 5) is 4.54. The minimum absolute atomic E-state index is 0.103. The Kier molecular flexibility index (Phi) is 3.52. The fourth-order valence-corrected chi connectivity index (χ4v) is 2.93. The van der Waals surface area contributed by atoms with Crippen LogP contribution in [-0.4, -0.2) is 16.2 Å². The molecule has 1 aromatic carbocycles. The monoisotopic (exact) mass is 291 g/mol. The van der Waals surface area contributed by atoms with Crippen LogP contribution in [0.5, 0.6) is 0 Å². The molecule has 1 saturated carbocycles. The van der Waals surface area contributed by atoms with E-state index in [0.29, 0.717) is 18.1 Å². The van der Waals surface area contributed by atoms with Crippen LogP contribution >= 0.6 is 11.6 Å². The summed E-state index contributed by atoms with van der Waals surface area (Å²) in [6.07, 6.45) is 3.79. The molecule has 0 radical (unpaired) electrons. The topological polar surface area (TPSA) is 64.9 Å². The average Bonchev–Trinajstić information content (AvgIpc) is 3.02. The van der Waals surface area contributed by atoms with Gasteiger partial charge < -0.3 is 10.3 Å². The lowest BCUT2D eigenvalue weighted by atomic mass is 9.85. The van der Waals surface area contributed by atoms with Crippen molar-refractivity contribution in [2.75, 3.05) is 0 Å². The van der Waals surface area contributed by atoms with E-state index in [1.54, 1.807) is 0 Å². The van der Waals surface area contributed by atoms with Crippen molar-refractivity contribution in [1.29, 1.82) is 0 Å². The lowest BCUT2D eigenvalue weighted by Crippen LogP contribution is -2.38. The summed E-state index contributed by atoms with van der Waals surface area (Å²) >= 11 is 5.88. The summed E-state index contributed by atoms with van der Waals surface area (Å²) < 4.78 is 5.45. The molecule has 0 aliphatic heterocycles. The highest BCUT2D eigenvalue weighted by Crippen LogP contribution is 2.38. The number of halogens is 1. The van der Waals surface area contributed by atoms with E-state index in [-0.39, 0.29) is 11.5 Å². The maximum absolute atomic E-state index is 6.18. The molecule has 2 atom stereocenters. The summed E-state index contributed by atoms with van der Waals surface area (Å²) in [7, 11) is 0. The fourth-order valence-electron chi connectivity index (χ4n) is 2.80. The number of hydrogen-bond donors (Lipinski definition) is 1. The Morgan fingerprint density at radius 1 is 1.40 bits per heavy atom. The maximum atomic E-state index is 6.18. The van der Waals surface area contributed by atoms with E-state index in [1.165, 1.54) is 0 Å². The molecule has 5 heteroatoms. The molecular formula is C15H18ClN3O. The van der Waals surface area contributed by atoms with Crippen molar-refractivity contribution in [2.45, 2.75) is 44.1 Å². The second kappa shape index (κ2) is 5.19. The Morgan fingerprint density at radius 2 is 2.15 bits per heavy atom. The predicted octanol–water partition coefficient (Wildman–Crippen LogP) is 3.08. The second-order valence-corrected chi connectivity index (χ2v) is 6.17. The molecule has 0 saturated heterocycles. The first-order valence-electron chi connectivity index (χ1n) is 6.91. The Morgan fingerprint density at radius 3 is 2.80 bits per heavy atom. The molecule has 2 aromatic rings. The first kappa shape index (κ1) is 13.6. The second-order valence-electron chi connectivity index (χ2n) is 5.74. The van der Waals surface area contributed by atoms with Crippen molar-refractivity contribution in [3.63, 3.8) is 0 Å². The number of hydrogen-bond acceptors (Lipinski definition) is 4. The number of aromatic nitrogens is 2. The quantitative estimate of drug-likeness (QED) is 0.944. The first-order valence-corrected chi connectivity index (χ1v) is 7.29. The highest BCUT2D eigenvalue weighted by molar-refractivity contribution is 6.30. The van der Waals surface area contributed by atoms with Gasteiger partial charge in [0.05, 0.1) is 5.41 Å². The first-order chi connectivity index (χ1) is 9.58. The molecular weight excluding hydrogens is 274 g/mol. The maximum Gasteiger partial charge on any atom is 0.234 e. The normalized spacial score (nSPS) is 26.1. The van der Waals surface area contributed by atoms with Crippen LogP contribution < -0.4 is 5.73 Å². The van der Waals surface area contributed by atoms with Gasteiger partial charge in [-0.15, -0.1) is 0 Å². The predicted molar refractivity (Wildman–Crippen MR) is 77.7 cm³/mol. The van der Waals surface area contributed by atoms with Crippen LogP contribution in [-0.2, 0) is 11.8 Å². The highest BCUT2D eigenvalue weighted by Gasteiger charge is 2.42. The van der Waals surface area contributed by atoms with Crippen molar-refractivity contribution < 1.29 is 4.52 Å². The third-order valence-corrected chi connectivity index (χ3v) is 4.51. The van der Waals surface area contributed by atoms with Crippen LogP contribution in [0.25, 0.3) is 0 Å². The van der Waals surface area contributed by atoms with E-state index in [4.69, 9.17) is 21.9 Å². The van der Waals surface area contributed by atoms with Crippen LogP contribution in [0.2, 0.25) is 5.02 Å². The van der Waals surface area contributed by atoms with E-state index in [9.17, 15) is 0 Å². The minimum atomic E-state index is -0.175. The zero-order chi connectivity index (χ0) is 14.2. The summed E-state index contributed by atoms with van der Waals surface area (Å²) in [6, 6.07) is 7.78. The van der Waals surface area contributed by atoms with E-state index in [0.717, 1.165) is 29.8 Å². The van der Waals surface area contributed by atoms with Crippen LogP contribution in [0.1, 0.15) is 43.5 Å². The van der Waals surface area contributed by atoms with Gasteiger partial charge in [-0.2, -0.15) is 4.98 Å². The van der Waals surface area contributed by atoms with Crippen molar-refractivity contribution >= 4 is 11.6 Å². The zero-order valence-corrected chi connectivity index (χ0v) is 12.2. The Bertz CT molecular complexity index is 595. The van der Waals surface area contributed by atoms with Gasteiger partial charge in [-0.05, 0) is 37.5 Å². The molecule has 0 spiro atoms. The third-order valence-electron chi connectivity index (χ3n) is 4.26. The molecule has 4 nitrogen and oxygen atoms in total. The van der Waals surface area contributed by atoms with Crippen molar-refractivity contribution in [1.82, 2.24) is 10.1 Å². The van der Waals surface area contributed by atoms with Gasteiger partial charge in [-0.1, -0.05) is 35.3 Å². The van der Waals surface area contributed by atoms with Crippen LogP contribution in [0.15, 0.2) is 28.8 Å². The zero-order valence-electron chi connectivity index (χ0n) is 11.5. The van der Waals surface area contributed by atoms with Gasteiger partial charge in [0.15, 0.2) is 5.82 Å². The molecule has 1 aromatic heterocycles. The lowest BCUT2D eigenvalue weighted by Gasteiger charge is -2.23. The lowest BCUT2D eigenvalue weighted by molar-refractivity contribution is 0.276. The summed E-state index contributed by atoms with van der Waals surface area (Å²) in [5, 5.41) is 4.81. The molecule has 106 valence electrons. The van der Waals surface area contributed by atoms with E-state index < -0.39 is 0 Å². The van der Waals surface area contributed by atoms with Gasteiger partial charge in [0.2, 0.25) is 5.89 Å². The third kappa shape index (κ3) is 2.45. The van der Waals surface area contributed by atoms with Crippen molar-refractivity contribution in [3.05, 3.63) is 46.6 Å². The molecule has 2 N–H and O–H groups in total. The fraction of sp³-hybridized carbons (Fsp3) is 0.467. The number of nitrogens with zero attached hydrogens (tertiary/aromatic N) is 2. The van der Waals surface area contributed by atoms with E-state index in [2.05, 4.69) is 17.1 Å². The summed E-state index contributed by atoms with van der Waals surface area (Å²) in [5.41, 5.74) is 7.12. The molecule has 0 amide bonds. The van der Waals surface area contributed by atoms with Gasteiger partial charge in [-0.3, -0.25) is 0 Å². The smallest absolute Gasteiger partial charge is 0.234 e. The van der Waals surface area contributed by atoms with Gasteiger partial charge >= 0.3 is 0 Å². The molecule has 1 heterocycles. The minimum Gasteiger partial charge on any atom is -0.339 e. The Hall–Kier alpha value is -1.39. The SMILES string of the molecule is CC1(c2nc(Cc3ccc(Cl)cc3)no2)CCCC1N. The molecule has 20 heavy (non-hydrogen) atoms. The van der Waals surface area contributed by atoms with Crippen LogP contribution in [0.4, 0.5) is 0 Å². The van der Waals surface area contributed by atoms with Gasteiger partial charge in [0.1, 0.15) is 0 Å². The number of rotatable bonds is 3. The van der Waals surface area contributed by atoms with E-state index >= 15 is 0 Å². The van der Waals surface area contributed by atoms with Gasteiger partial charge in [0, 0.05) is 17.5 Å². The molecule has 3 rings (SSSR count). The van der Waals surface area contributed by atoms with Crippen LogP contribution in [0.3, 0.4) is 0 Å². The standard InChI is InChI=1S/C15H18ClN3O/c1-15(8-2-3-12(15)17)14-18-13(19-20-14)9-10-4-6-11(16)7-5-10/h4-7,12H,2-3,8-9,17H2,1H3. The van der Waals surface area contributed by atoms with E-state index in [1.807, 2.05) is 24.3 Å². The summed E-state index contributed by atoms with van der Waals surface area (Å²) in [6.45, 7) is 2.12.